The van der Waals surface area contributed by atoms with Crippen molar-refractivity contribution in [3.8, 4) is 11.3 Å². The van der Waals surface area contributed by atoms with Gasteiger partial charge in [0.15, 0.2) is 0 Å². The van der Waals surface area contributed by atoms with E-state index in [2.05, 4.69) is 22.2 Å². The summed E-state index contributed by atoms with van der Waals surface area (Å²) in [7, 11) is 0. The van der Waals surface area contributed by atoms with E-state index in [0.29, 0.717) is 5.69 Å². The van der Waals surface area contributed by atoms with Gasteiger partial charge in [0.25, 0.3) is 5.91 Å². The van der Waals surface area contributed by atoms with Crippen LogP contribution in [0.15, 0.2) is 42.7 Å². The Morgan fingerprint density at radius 2 is 1.91 bits per heavy atom. The van der Waals surface area contributed by atoms with Gasteiger partial charge in [-0.05, 0) is 42.5 Å². The Morgan fingerprint density at radius 3 is 2.64 bits per heavy atom. The molecule has 1 fully saturated rings. The van der Waals surface area contributed by atoms with E-state index in [1.807, 2.05) is 24.3 Å². The first-order valence-electron chi connectivity index (χ1n) is 7.82. The Labute approximate surface area is 131 Å². The molecule has 2 aromatic rings. The fourth-order valence-corrected chi connectivity index (χ4v) is 3.03. The highest BCUT2D eigenvalue weighted by atomic mass is 16.1. The van der Waals surface area contributed by atoms with Crippen LogP contribution in [0.4, 0.5) is 0 Å². The lowest BCUT2D eigenvalue weighted by Crippen LogP contribution is -2.34. The monoisotopic (exact) mass is 295 g/mol. The minimum absolute atomic E-state index is 0.0935. The van der Waals surface area contributed by atoms with Gasteiger partial charge in [-0.2, -0.15) is 0 Å². The molecule has 2 aromatic heterocycles. The summed E-state index contributed by atoms with van der Waals surface area (Å²) < 4.78 is 0. The summed E-state index contributed by atoms with van der Waals surface area (Å²) >= 11 is 0. The lowest BCUT2D eigenvalue weighted by atomic mass is 9.89. The topological polar surface area (TPSA) is 54.9 Å². The van der Waals surface area contributed by atoms with Gasteiger partial charge in [0, 0.05) is 24.5 Å². The standard InChI is InChI=1S/C18H21N3O/c1-18(9-2-3-10-18)13-20-17(22)16-6-4-5-15(21-16)14-7-11-19-12-8-14/h4-8,11-12H,2-3,9-10,13H2,1H3,(H,20,22). The number of amides is 1. The van der Waals surface area contributed by atoms with Crippen LogP contribution in [0.5, 0.6) is 0 Å². The third-order valence-corrected chi connectivity index (χ3v) is 4.44. The van der Waals surface area contributed by atoms with Crippen molar-refractivity contribution >= 4 is 5.91 Å². The highest BCUT2D eigenvalue weighted by Gasteiger charge is 2.29. The Hall–Kier alpha value is -2.23. The summed E-state index contributed by atoms with van der Waals surface area (Å²) in [6, 6.07) is 9.32. The second-order valence-electron chi connectivity index (χ2n) is 6.34. The maximum absolute atomic E-state index is 12.3. The van der Waals surface area contributed by atoms with E-state index in [4.69, 9.17) is 0 Å². The van der Waals surface area contributed by atoms with Crippen molar-refractivity contribution in [2.75, 3.05) is 6.54 Å². The molecule has 1 aliphatic carbocycles. The number of hydrogen-bond acceptors (Lipinski definition) is 3. The minimum Gasteiger partial charge on any atom is -0.350 e. The summed E-state index contributed by atoms with van der Waals surface area (Å²) in [6.07, 6.45) is 8.37. The molecular weight excluding hydrogens is 274 g/mol. The fraction of sp³-hybridized carbons (Fsp3) is 0.389. The normalized spacial score (nSPS) is 16.4. The summed E-state index contributed by atoms with van der Waals surface area (Å²) in [5.41, 5.74) is 2.48. The zero-order valence-electron chi connectivity index (χ0n) is 12.9. The lowest BCUT2D eigenvalue weighted by molar-refractivity contribution is 0.0929. The van der Waals surface area contributed by atoms with Gasteiger partial charge in [-0.3, -0.25) is 9.78 Å². The molecule has 0 atom stereocenters. The quantitative estimate of drug-likeness (QED) is 0.940. The van der Waals surface area contributed by atoms with Crippen molar-refractivity contribution in [2.45, 2.75) is 32.6 Å². The van der Waals surface area contributed by atoms with Crippen LogP contribution in [-0.4, -0.2) is 22.4 Å². The Balaban J connectivity index is 1.70. The highest BCUT2D eigenvalue weighted by molar-refractivity contribution is 5.92. The van der Waals surface area contributed by atoms with Gasteiger partial charge < -0.3 is 5.32 Å². The van der Waals surface area contributed by atoms with E-state index in [9.17, 15) is 4.79 Å². The molecule has 2 heterocycles. The molecule has 1 N–H and O–H groups in total. The lowest BCUT2D eigenvalue weighted by Gasteiger charge is -2.23. The first-order chi connectivity index (χ1) is 10.7. The van der Waals surface area contributed by atoms with Crippen molar-refractivity contribution in [1.29, 1.82) is 0 Å². The molecule has 22 heavy (non-hydrogen) atoms. The van der Waals surface area contributed by atoms with Crippen LogP contribution in [-0.2, 0) is 0 Å². The van der Waals surface area contributed by atoms with E-state index in [1.54, 1.807) is 18.5 Å². The molecule has 0 aromatic carbocycles. The third-order valence-electron chi connectivity index (χ3n) is 4.44. The van der Waals surface area contributed by atoms with Gasteiger partial charge in [-0.15, -0.1) is 0 Å². The van der Waals surface area contributed by atoms with Crippen molar-refractivity contribution in [3.63, 3.8) is 0 Å². The molecule has 0 unspecified atom stereocenters. The van der Waals surface area contributed by atoms with E-state index in [0.717, 1.165) is 17.8 Å². The first-order valence-corrected chi connectivity index (χ1v) is 7.82. The van der Waals surface area contributed by atoms with E-state index < -0.39 is 0 Å². The number of carbonyl (C=O) groups excluding carboxylic acids is 1. The zero-order valence-corrected chi connectivity index (χ0v) is 12.9. The van der Waals surface area contributed by atoms with Gasteiger partial charge in [0.05, 0.1) is 5.69 Å². The number of hydrogen-bond donors (Lipinski definition) is 1. The molecule has 0 bridgehead atoms. The average molecular weight is 295 g/mol. The molecule has 114 valence electrons. The number of nitrogens with one attached hydrogen (secondary N) is 1. The maximum Gasteiger partial charge on any atom is 0.269 e. The van der Waals surface area contributed by atoms with Crippen LogP contribution in [0.2, 0.25) is 0 Å². The van der Waals surface area contributed by atoms with E-state index >= 15 is 0 Å². The Morgan fingerprint density at radius 1 is 1.18 bits per heavy atom. The van der Waals surface area contributed by atoms with Crippen LogP contribution < -0.4 is 5.32 Å². The zero-order chi connectivity index (χ0) is 15.4. The number of aromatic nitrogens is 2. The molecule has 0 aliphatic heterocycles. The minimum atomic E-state index is -0.0935. The van der Waals surface area contributed by atoms with Crippen LogP contribution in [0, 0.1) is 5.41 Å². The van der Waals surface area contributed by atoms with Gasteiger partial charge in [-0.25, -0.2) is 4.98 Å². The third kappa shape index (κ3) is 3.32. The molecule has 1 amide bonds. The number of carbonyl (C=O) groups is 1. The summed E-state index contributed by atoms with van der Waals surface area (Å²) in [5.74, 6) is -0.0935. The Bertz CT molecular complexity index is 648. The fourth-order valence-electron chi connectivity index (χ4n) is 3.03. The van der Waals surface area contributed by atoms with Gasteiger partial charge >= 0.3 is 0 Å². The van der Waals surface area contributed by atoms with E-state index in [1.165, 1.54) is 25.7 Å². The Kier molecular flexibility index (Phi) is 4.18. The predicted octanol–water partition coefficient (Wildman–Crippen LogP) is 3.45. The van der Waals surface area contributed by atoms with Gasteiger partial charge in [0.2, 0.25) is 0 Å². The molecule has 1 aliphatic rings. The first kappa shape index (κ1) is 14.7. The maximum atomic E-state index is 12.3. The SMILES string of the molecule is CC1(CNC(=O)c2cccc(-c3ccncc3)n2)CCCC1. The van der Waals surface area contributed by atoms with Crippen LogP contribution >= 0.6 is 0 Å². The van der Waals surface area contributed by atoms with Crippen molar-refractivity contribution in [1.82, 2.24) is 15.3 Å². The van der Waals surface area contributed by atoms with Gasteiger partial charge in [-0.1, -0.05) is 25.8 Å². The largest absolute Gasteiger partial charge is 0.350 e. The predicted molar refractivity (Wildman–Crippen MR) is 86.4 cm³/mol. The molecule has 0 spiro atoms. The number of nitrogens with zero attached hydrogens (tertiary/aromatic N) is 2. The van der Waals surface area contributed by atoms with Crippen molar-refractivity contribution in [3.05, 3.63) is 48.4 Å². The van der Waals surface area contributed by atoms with E-state index in [-0.39, 0.29) is 11.3 Å². The second-order valence-corrected chi connectivity index (χ2v) is 6.34. The molecule has 0 radical (unpaired) electrons. The highest BCUT2D eigenvalue weighted by Crippen LogP contribution is 2.36. The molecule has 1 saturated carbocycles. The second kappa shape index (κ2) is 6.26. The summed E-state index contributed by atoms with van der Waals surface area (Å²) in [6.45, 7) is 2.98. The van der Waals surface area contributed by atoms with Crippen LogP contribution in [0.3, 0.4) is 0 Å². The molecule has 0 saturated heterocycles. The summed E-state index contributed by atoms with van der Waals surface area (Å²) in [4.78, 5) is 20.8. The summed E-state index contributed by atoms with van der Waals surface area (Å²) in [5, 5.41) is 3.05. The number of pyridine rings is 2. The molecule has 3 rings (SSSR count). The molecule has 4 heteroatoms. The van der Waals surface area contributed by atoms with Crippen molar-refractivity contribution < 1.29 is 4.79 Å². The molecular formula is C18H21N3O. The number of rotatable bonds is 4. The van der Waals surface area contributed by atoms with Crippen molar-refractivity contribution in [2.24, 2.45) is 5.41 Å². The molecule has 4 nitrogen and oxygen atoms in total. The van der Waals surface area contributed by atoms with Gasteiger partial charge in [0.1, 0.15) is 5.69 Å². The van der Waals surface area contributed by atoms with Crippen LogP contribution in [0.25, 0.3) is 11.3 Å². The van der Waals surface area contributed by atoms with Crippen LogP contribution in [0.1, 0.15) is 43.1 Å². The average Bonchev–Trinajstić information content (AvgIpc) is 3.01. The smallest absolute Gasteiger partial charge is 0.269 e.